The number of hydrogen-bond acceptors (Lipinski definition) is 3. The summed E-state index contributed by atoms with van der Waals surface area (Å²) >= 11 is 1.60. The summed E-state index contributed by atoms with van der Waals surface area (Å²) in [5, 5.41) is 3.19. The standard InChI is InChI=1S/C26H34N2O2S/c1-20-10-9-13-23(16-20)17-28(21(2)26(30)27-24-14-7-4-8-15-24)25(29)19-31-18-22-11-5-3-6-12-22/h3,5-6,9-13,16,21,24H,4,7-8,14-15,17-19H2,1-2H3,(H,27,30). The molecule has 1 aliphatic carbocycles. The summed E-state index contributed by atoms with van der Waals surface area (Å²) < 4.78 is 0. The zero-order chi connectivity index (χ0) is 22.1. The molecular formula is C26H34N2O2S. The maximum absolute atomic E-state index is 13.2. The number of hydrogen-bond donors (Lipinski definition) is 1. The number of rotatable bonds is 9. The molecule has 1 saturated carbocycles. The van der Waals surface area contributed by atoms with Gasteiger partial charge in [0.2, 0.25) is 11.8 Å². The molecule has 4 nitrogen and oxygen atoms in total. The third-order valence-electron chi connectivity index (χ3n) is 5.89. The van der Waals surface area contributed by atoms with Gasteiger partial charge in [0.05, 0.1) is 5.75 Å². The molecule has 31 heavy (non-hydrogen) atoms. The van der Waals surface area contributed by atoms with E-state index in [9.17, 15) is 9.59 Å². The van der Waals surface area contributed by atoms with Crippen molar-refractivity contribution in [3.8, 4) is 0 Å². The molecule has 0 saturated heterocycles. The summed E-state index contributed by atoms with van der Waals surface area (Å²) in [7, 11) is 0. The summed E-state index contributed by atoms with van der Waals surface area (Å²) in [6.45, 7) is 4.35. The number of carbonyl (C=O) groups excluding carboxylic acids is 2. The van der Waals surface area contributed by atoms with Crippen molar-refractivity contribution in [1.29, 1.82) is 0 Å². The summed E-state index contributed by atoms with van der Waals surface area (Å²) in [5.41, 5.74) is 3.41. The second-order valence-electron chi connectivity index (χ2n) is 8.51. The Labute approximate surface area is 190 Å². The van der Waals surface area contributed by atoms with E-state index in [1.165, 1.54) is 24.8 Å². The van der Waals surface area contributed by atoms with Gasteiger partial charge in [0.1, 0.15) is 6.04 Å². The van der Waals surface area contributed by atoms with Crippen molar-refractivity contribution in [2.45, 2.75) is 70.3 Å². The topological polar surface area (TPSA) is 49.4 Å². The van der Waals surface area contributed by atoms with Crippen molar-refractivity contribution in [2.75, 3.05) is 5.75 Å². The molecule has 2 aromatic carbocycles. The van der Waals surface area contributed by atoms with Crippen LogP contribution in [-0.2, 0) is 21.9 Å². The van der Waals surface area contributed by atoms with E-state index in [1.54, 1.807) is 16.7 Å². The molecule has 0 heterocycles. The minimum absolute atomic E-state index is 0.00808. The van der Waals surface area contributed by atoms with Crippen LogP contribution in [0, 0.1) is 6.92 Å². The van der Waals surface area contributed by atoms with Crippen LogP contribution in [0.25, 0.3) is 0 Å². The third kappa shape index (κ3) is 7.42. The lowest BCUT2D eigenvalue weighted by atomic mass is 9.95. The second-order valence-corrected chi connectivity index (χ2v) is 9.49. The summed E-state index contributed by atoms with van der Waals surface area (Å²) in [6.07, 6.45) is 5.66. The minimum Gasteiger partial charge on any atom is -0.352 e. The normalized spacial score (nSPS) is 15.3. The molecule has 2 amide bonds. The van der Waals surface area contributed by atoms with E-state index in [0.29, 0.717) is 12.3 Å². The molecular weight excluding hydrogens is 404 g/mol. The van der Waals surface area contributed by atoms with Gasteiger partial charge in [0.25, 0.3) is 0 Å². The van der Waals surface area contributed by atoms with Gasteiger partial charge < -0.3 is 10.2 Å². The van der Waals surface area contributed by atoms with Crippen LogP contribution < -0.4 is 5.32 Å². The predicted octanol–water partition coefficient (Wildman–Crippen LogP) is 5.09. The van der Waals surface area contributed by atoms with Crippen molar-refractivity contribution < 1.29 is 9.59 Å². The Morgan fingerprint density at radius 3 is 2.45 bits per heavy atom. The van der Waals surface area contributed by atoms with E-state index in [1.807, 2.05) is 50.2 Å². The van der Waals surface area contributed by atoms with E-state index < -0.39 is 6.04 Å². The first-order valence-corrected chi connectivity index (χ1v) is 12.5. The molecule has 0 bridgehead atoms. The lowest BCUT2D eigenvalue weighted by Gasteiger charge is -2.31. The summed E-state index contributed by atoms with van der Waals surface area (Å²) in [4.78, 5) is 27.9. The fourth-order valence-corrected chi connectivity index (χ4v) is 4.94. The van der Waals surface area contributed by atoms with Gasteiger partial charge >= 0.3 is 0 Å². The monoisotopic (exact) mass is 438 g/mol. The SMILES string of the molecule is Cc1cccc(CN(C(=O)CSCc2ccccc2)C(C)C(=O)NC2CCCCC2)c1. The molecule has 0 aromatic heterocycles. The van der Waals surface area contributed by atoms with Gasteiger partial charge in [-0.15, -0.1) is 11.8 Å². The van der Waals surface area contributed by atoms with Crippen molar-refractivity contribution in [3.05, 3.63) is 71.3 Å². The predicted molar refractivity (Wildman–Crippen MR) is 129 cm³/mol. The maximum atomic E-state index is 13.2. The van der Waals surface area contributed by atoms with Crippen molar-refractivity contribution in [3.63, 3.8) is 0 Å². The van der Waals surface area contributed by atoms with Crippen LogP contribution in [0.4, 0.5) is 0 Å². The molecule has 1 unspecified atom stereocenters. The Morgan fingerprint density at radius 2 is 1.74 bits per heavy atom. The molecule has 3 rings (SSSR count). The molecule has 0 aliphatic heterocycles. The Balaban J connectivity index is 1.65. The molecule has 1 aliphatic rings. The highest BCUT2D eigenvalue weighted by Crippen LogP contribution is 2.19. The van der Waals surface area contributed by atoms with Gasteiger partial charge in [-0.05, 0) is 37.8 Å². The zero-order valence-corrected chi connectivity index (χ0v) is 19.5. The number of carbonyl (C=O) groups is 2. The van der Waals surface area contributed by atoms with Crippen LogP contribution in [0.5, 0.6) is 0 Å². The Morgan fingerprint density at radius 1 is 1.03 bits per heavy atom. The Kier molecular flexibility index (Phi) is 9.01. The fraction of sp³-hybridized carbons (Fsp3) is 0.462. The van der Waals surface area contributed by atoms with Crippen LogP contribution in [0.1, 0.15) is 55.7 Å². The smallest absolute Gasteiger partial charge is 0.242 e. The number of nitrogens with one attached hydrogen (secondary N) is 1. The summed E-state index contributed by atoms with van der Waals surface area (Å²) in [6, 6.07) is 18.1. The van der Waals surface area contributed by atoms with E-state index in [0.717, 1.165) is 29.7 Å². The van der Waals surface area contributed by atoms with Gasteiger partial charge in [-0.3, -0.25) is 9.59 Å². The number of nitrogens with zero attached hydrogens (tertiary/aromatic N) is 1. The number of thioether (sulfide) groups is 1. The quantitative estimate of drug-likeness (QED) is 0.593. The maximum Gasteiger partial charge on any atom is 0.242 e. The lowest BCUT2D eigenvalue weighted by molar-refractivity contribution is -0.139. The average molecular weight is 439 g/mol. The van der Waals surface area contributed by atoms with E-state index in [-0.39, 0.29) is 17.9 Å². The molecule has 1 fully saturated rings. The van der Waals surface area contributed by atoms with Crippen LogP contribution in [-0.4, -0.2) is 34.6 Å². The van der Waals surface area contributed by atoms with Gasteiger partial charge in [0, 0.05) is 18.3 Å². The first-order valence-electron chi connectivity index (χ1n) is 11.3. The average Bonchev–Trinajstić information content (AvgIpc) is 2.78. The zero-order valence-electron chi connectivity index (χ0n) is 18.7. The molecule has 166 valence electrons. The van der Waals surface area contributed by atoms with Crippen LogP contribution in [0.2, 0.25) is 0 Å². The number of benzene rings is 2. The van der Waals surface area contributed by atoms with Gasteiger partial charge in [-0.2, -0.15) is 0 Å². The molecule has 0 radical (unpaired) electrons. The van der Waals surface area contributed by atoms with E-state index in [4.69, 9.17) is 0 Å². The third-order valence-corrected chi connectivity index (χ3v) is 6.88. The Hall–Kier alpha value is -2.27. The molecule has 0 spiro atoms. The van der Waals surface area contributed by atoms with Crippen LogP contribution in [0.3, 0.4) is 0 Å². The Bertz CT molecular complexity index is 849. The number of aryl methyl sites for hydroxylation is 1. The molecule has 2 aromatic rings. The van der Waals surface area contributed by atoms with Crippen LogP contribution >= 0.6 is 11.8 Å². The number of amides is 2. The van der Waals surface area contributed by atoms with Crippen LogP contribution in [0.15, 0.2) is 54.6 Å². The molecule has 5 heteroatoms. The fourth-order valence-electron chi connectivity index (χ4n) is 4.07. The highest BCUT2D eigenvalue weighted by atomic mass is 32.2. The van der Waals surface area contributed by atoms with Gasteiger partial charge in [-0.1, -0.05) is 79.4 Å². The lowest BCUT2D eigenvalue weighted by Crippen LogP contribution is -2.50. The van der Waals surface area contributed by atoms with Crippen molar-refractivity contribution >= 4 is 23.6 Å². The van der Waals surface area contributed by atoms with Crippen molar-refractivity contribution in [1.82, 2.24) is 10.2 Å². The highest BCUT2D eigenvalue weighted by Gasteiger charge is 2.28. The molecule has 1 atom stereocenters. The molecule has 1 N–H and O–H groups in total. The minimum atomic E-state index is -0.493. The highest BCUT2D eigenvalue weighted by molar-refractivity contribution is 7.99. The largest absolute Gasteiger partial charge is 0.352 e. The van der Waals surface area contributed by atoms with E-state index >= 15 is 0 Å². The first kappa shape index (κ1) is 23.4. The van der Waals surface area contributed by atoms with Gasteiger partial charge in [-0.25, -0.2) is 0 Å². The second kappa shape index (κ2) is 11.9. The first-order chi connectivity index (χ1) is 15.0. The van der Waals surface area contributed by atoms with E-state index in [2.05, 4.69) is 23.5 Å². The summed E-state index contributed by atoms with van der Waals surface area (Å²) in [5.74, 6) is 1.12. The van der Waals surface area contributed by atoms with Gasteiger partial charge in [0.15, 0.2) is 0 Å². The van der Waals surface area contributed by atoms with Crippen molar-refractivity contribution in [2.24, 2.45) is 0 Å².